The van der Waals surface area contributed by atoms with E-state index in [0.717, 1.165) is 23.9 Å². The van der Waals surface area contributed by atoms with Crippen LogP contribution in [0.1, 0.15) is 32.7 Å². The van der Waals surface area contributed by atoms with Gasteiger partial charge in [-0.15, -0.1) is 0 Å². The van der Waals surface area contributed by atoms with Gasteiger partial charge in [-0.05, 0) is 38.7 Å². The number of hydrogen-bond donors (Lipinski definition) is 1. The van der Waals surface area contributed by atoms with E-state index in [1.54, 1.807) is 0 Å². The lowest BCUT2D eigenvalue weighted by molar-refractivity contribution is -0.198. The Morgan fingerprint density at radius 2 is 2.21 bits per heavy atom. The van der Waals surface area contributed by atoms with Gasteiger partial charge in [-0.3, -0.25) is 0 Å². The van der Waals surface area contributed by atoms with Gasteiger partial charge in [0.25, 0.3) is 0 Å². The summed E-state index contributed by atoms with van der Waals surface area (Å²) in [6.45, 7) is 4.01. The molecule has 5 atom stereocenters. The topological polar surface area (TPSA) is 69.4 Å². The van der Waals surface area contributed by atoms with Crippen molar-refractivity contribution >= 4 is 22.6 Å². The summed E-state index contributed by atoms with van der Waals surface area (Å²) >= 11 is 6.21. The minimum Gasteiger partial charge on any atom is -0.396 e. The summed E-state index contributed by atoms with van der Waals surface area (Å²) < 4.78 is 14.6. The van der Waals surface area contributed by atoms with Crippen molar-refractivity contribution in [3.8, 4) is 0 Å². The zero-order valence-corrected chi connectivity index (χ0v) is 14.4. The number of rotatable bonds is 2. The van der Waals surface area contributed by atoms with Crippen LogP contribution < -0.4 is 0 Å². The van der Waals surface area contributed by atoms with Crippen molar-refractivity contribution in [1.29, 1.82) is 0 Å². The Kier molecular flexibility index (Phi) is 2.95. The van der Waals surface area contributed by atoms with Gasteiger partial charge in [-0.1, -0.05) is 11.6 Å². The van der Waals surface area contributed by atoms with Gasteiger partial charge in [-0.2, -0.15) is 0 Å². The van der Waals surface area contributed by atoms with Crippen molar-refractivity contribution < 1.29 is 14.6 Å². The number of aliphatic hydroxyl groups excluding tert-OH is 1. The van der Waals surface area contributed by atoms with Gasteiger partial charge in [0, 0.05) is 11.6 Å². The molecule has 5 rings (SSSR count). The van der Waals surface area contributed by atoms with E-state index < -0.39 is 5.79 Å². The van der Waals surface area contributed by atoms with Crippen LogP contribution in [0.2, 0.25) is 5.15 Å². The number of halogens is 1. The van der Waals surface area contributed by atoms with Crippen LogP contribution in [0.5, 0.6) is 0 Å². The second kappa shape index (κ2) is 4.69. The molecule has 7 heteroatoms. The molecule has 2 saturated carbocycles. The molecular formula is C17H20ClN3O3. The lowest BCUT2D eigenvalue weighted by Gasteiger charge is -2.48. The number of fused-ring (bicyclic) bond motifs is 4. The third-order valence-electron chi connectivity index (χ3n) is 6.18. The van der Waals surface area contributed by atoms with Crippen LogP contribution in [0.15, 0.2) is 18.6 Å². The maximum atomic E-state index is 10.1. The molecule has 0 amide bonds. The van der Waals surface area contributed by atoms with Crippen molar-refractivity contribution in [2.45, 2.75) is 50.7 Å². The third kappa shape index (κ3) is 1.72. The average molecular weight is 350 g/mol. The Morgan fingerprint density at radius 3 is 2.92 bits per heavy atom. The van der Waals surface area contributed by atoms with Crippen molar-refractivity contribution in [2.24, 2.45) is 11.3 Å². The van der Waals surface area contributed by atoms with E-state index in [4.69, 9.17) is 21.1 Å². The average Bonchev–Trinajstić information content (AvgIpc) is 3.10. The van der Waals surface area contributed by atoms with E-state index in [9.17, 15) is 5.11 Å². The van der Waals surface area contributed by atoms with E-state index in [1.165, 1.54) is 6.33 Å². The van der Waals surface area contributed by atoms with E-state index >= 15 is 0 Å². The second-order valence-electron chi connectivity index (χ2n) is 7.67. The van der Waals surface area contributed by atoms with Crippen LogP contribution in [-0.4, -0.2) is 44.2 Å². The molecule has 2 aromatic heterocycles. The molecule has 0 aromatic carbocycles. The van der Waals surface area contributed by atoms with Gasteiger partial charge < -0.3 is 19.1 Å². The smallest absolute Gasteiger partial charge is 0.163 e. The highest BCUT2D eigenvalue weighted by Crippen LogP contribution is 2.66. The first-order chi connectivity index (χ1) is 11.5. The highest BCUT2D eigenvalue weighted by atomic mass is 35.5. The molecule has 1 N–H and O–H groups in total. The molecule has 3 heterocycles. The largest absolute Gasteiger partial charge is 0.396 e. The summed E-state index contributed by atoms with van der Waals surface area (Å²) in [6.07, 6.45) is 5.35. The molecule has 24 heavy (non-hydrogen) atoms. The lowest BCUT2D eigenvalue weighted by atomic mass is 9.60. The minimum absolute atomic E-state index is 0.0844. The monoisotopic (exact) mass is 349 g/mol. The summed E-state index contributed by atoms with van der Waals surface area (Å²) in [5.41, 5.74) is 0.601. The molecular weight excluding hydrogens is 330 g/mol. The highest BCUT2D eigenvalue weighted by Gasteiger charge is 2.70. The van der Waals surface area contributed by atoms with Crippen LogP contribution >= 0.6 is 11.6 Å². The first-order valence-corrected chi connectivity index (χ1v) is 8.78. The molecule has 2 aromatic rings. The molecule has 1 saturated heterocycles. The number of nitrogens with zero attached hydrogens (tertiary/aromatic N) is 3. The van der Waals surface area contributed by atoms with Crippen molar-refractivity contribution in [2.75, 3.05) is 6.61 Å². The molecule has 2 aliphatic carbocycles. The van der Waals surface area contributed by atoms with Gasteiger partial charge in [0.05, 0.1) is 24.1 Å². The van der Waals surface area contributed by atoms with Crippen LogP contribution in [0.4, 0.5) is 0 Å². The number of aliphatic hydroxyl groups is 1. The lowest BCUT2D eigenvalue weighted by Crippen LogP contribution is -2.49. The first kappa shape index (κ1) is 15.1. The maximum absolute atomic E-state index is 10.1. The molecule has 128 valence electrons. The highest BCUT2D eigenvalue weighted by molar-refractivity contribution is 6.33. The maximum Gasteiger partial charge on any atom is 0.163 e. The van der Waals surface area contributed by atoms with Crippen molar-refractivity contribution in [1.82, 2.24) is 14.5 Å². The number of ether oxygens (including phenoxy) is 2. The first-order valence-electron chi connectivity index (χ1n) is 8.40. The Labute approximate surface area is 144 Å². The Hall–Kier alpha value is -1.21. The molecule has 3 aliphatic rings. The Morgan fingerprint density at radius 1 is 1.38 bits per heavy atom. The van der Waals surface area contributed by atoms with Crippen molar-refractivity contribution in [3.05, 3.63) is 23.7 Å². The van der Waals surface area contributed by atoms with Gasteiger partial charge >= 0.3 is 0 Å². The summed E-state index contributed by atoms with van der Waals surface area (Å²) in [6, 6.07) is 2.03. The number of aromatic nitrogens is 3. The number of hydrogen-bond acceptors (Lipinski definition) is 5. The second-order valence-corrected chi connectivity index (χ2v) is 8.03. The molecule has 1 aliphatic heterocycles. The molecule has 0 spiro atoms. The molecule has 0 bridgehead atoms. The van der Waals surface area contributed by atoms with Crippen molar-refractivity contribution in [3.63, 3.8) is 0 Å². The van der Waals surface area contributed by atoms with Crippen LogP contribution in [0.3, 0.4) is 0 Å². The zero-order chi connectivity index (χ0) is 16.7. The molecule has 0 unspecified atom stereocenters. The molecule has 0 radical (unpaired) electrons. The van der Waals surface area contributed by atoms with E-state index in [1.807, 2.05) is 26.1 Å². The van der Waals surface area contributed by atoms with Crippen LogP contribution in [-0.2, 0) is 9.47 Å². The Bertz CT molecular complexity index is 819. The summed E-state index contributed by atoms with van der Waals surface area (Å²) in [4.78, 5) is 8.50. The predicted molar refractivity (Wildman–Crippen MR) is 87.6 cm³/mol. The van der Waals surface area contributed by atoms with E-state index in [0.29, 0.717) is 11.1 Å². The van der Waals surface area contributed by atoms with E-state index in [2.05, 4.69) is 14.5 Å². The standard InChI is InChI=1S/C17H20ClN3O3/c1-16(2)23-12-11(10-3-5-17(10,7-22)13(12)24-16)21-6-4-9-14(18)19-8-20-15(9)21/h4,6,8,10-13,22H,3,5,7H2,1-2H3/t10-,11-,12+,13+,17+/m1/s1. The fourth-order valence-electron chi connectivity index (χ4n) is 5.08. The van der Waals surface area contributed by atoms with Gasteiger partial charge in [0.15, 0.2) is 5.79 Å². The zero-order valence-electron chi connectivity index (χ0n) is 13.6. The van der Waals surface area contributed by atoms with Gasteiger partial charge in [0.1, 0.15) is 23.2 Å². The summed E-state index contributed by atoms with van der Waals surface area (Å²) in [5.74, 6) is -0.315. The summed E-state index contributed by atoms with van der Waals surface area (Å²) in [7, 11) is 0. The van der Waals surface area contributed by atoms with Gasteiger partial charge in [0.2, 0.25) is 0 Å². The predicted octanol–water partition coefficient (Wildman–Crippen LogP) is 2.55. The van der Waals surface area contributed by atoms with Crippen LogP contribution in [0, 0.1) is 11.3 Å². The SMILES string of the molecule is CC1(C)O[C@H]2[C@H](n3ccc4c(Cl)ncnc43)[C@H]3CC[C@@]3(CO)[C@H]2O1. The Balaban J connectivity index is 1.66. The summed E-state index contributed by atoms with van der Waals surface area (Å²) in [5, 5.41) is 11.4. The normalized spacial score (nSPS) is 39.7. The molecule has 6 nitrogen and oxygen atoms in total. The fraction of sp³-hybridized carbons (Fsp3) is 0.647. The van der Waals surface area contributed by atoms with Gasteiger partial charge in [-0.25, -0.2) is 9.97 Å². The molecule has 3 fully saturated rings. The quantitative estimate of drug-likeness (QED) is 0.844. The van der Waals surface area contributed by atoms with Crippen LogP contribution in [0.25, 0.3) is 11.0 Å². The third-order valence-corrected chi connectivity index (χ3v) is 6.48. The van der Waals surface area contributed by atoms with E-state index in [-0.39, 0.29) is 30.3 Å². The fourth-order valence-corrected chi connectivity index (χ4v) is 5.27. The minimum atomic E-state index is -0.633.